The van der Waals surface area contributed by atoms with Crippen LogP contribution in [0.4, 0.5) is 4.79 Å². The highest BCUT2D eigenvalue weighted by atomic mass is 16.6. The molecule has 1 heterocycles. The van der Waals surface area contributed by atoms with Crippen LogP contribution in [0.15, 0.2) is 0 Å². The largest absolute Gasteiger partial charge is 0.444 e. The molecule has 2 N–H and O–H groups in total. The van der Waals surface area contributed by atoms with Crippen LogP contribution in [0.25, 0.3) is 0 Å². The maximum Gasteiger partial charge on any atom is 0.411 e. The molecule has 4 nitrogen and oxygen atoms in total. The van der Waals surface area contributed by atoms with E-state index in [1.165, 1.54) is 0 Å². The van der Waals surface area contributed by atoms with Crippen LogP contribution >= 0.6 is 0 Å². The Morgan fingerprint density at radius 2 is 2.06 bits per heavy atom. The molecular formula is C12H22N2O2. The van der Waals surface area contributed by atoms with E-state index in [9.17, 15) is 4.79 Å². The van der Waals surface area contributed by atoms with Crippen molar-refractivity contribution in [1.82, 2.24) is 4.90 Å². The number of nitrogens with zero attached hydrogens (tertiary/aromatic N) is 1. The fraction of sp³-hybridized carbons (Fsp3) is 0.917. The lowest BCUT2D eigenvalue weighted by atomic mass is 10.2. The molecule has 1 aliphatic carbocycles. The Hall–Kier alpha value is -0.770. The van der Waals surface area contributed by atoms with Gasteiger partial charge in [0.2, 0.25) is 0 Å². The van der Waals surface area contributed by atoms with E-state index in [1.807, 2.05) is 25.7 Å². The van der Waals surface area contributed by atoms with E-state index in [-0.39, 0.29) is 17.7 Å². The molecule has 1 atom stereocenters. The average Bonchev–Trinajstić information content (AvgIpc) is 2.76. The molecule has 4 heteroatoms. The first-order valence-corrected chi connectivity index (χ1v) is 6.10. The summed E-state index contributed by atoms with van der Waals surface area (Å²) in [5.74, 6) is 0. The maximum absolute atomic E-state index is 12.1. The Morgan fingerprint density at radius 1 is 1.44 bits per heavy atom. The highest BCUT2D eigenvalue weighted by Crippen LogP contribution is 2.52. The van der Waals surface area contributed by atoms with E-state index in [1.54, 1.807) is 0 Å². The summed E-state index contributed by atoms with van der Waals surface area (Å²) in [7, 11) is 0. The van der Waals surface area contributed by atoms with Gasteiger partial charge in [-0.2, -0.15) is 0 Å². The van der Waals surface area contributed by atoms with Crippen molar-refractivity contribution in [3.8, 4) is 0 Å². The van der Waals surface area contributed by atoms with Crippen LogP contribution in [0.5, 0.6) is 0 Å². The van der Waals surface area contributed by atoms with Crippen LogP contribution in [-0.4, -0.2) is 34.7 Å². The fourth-order valence-corrected chi connectivity index (χ4v) is 2.58. The van der Waals surface area contributed by atoms with Crippen LogP contribution in [0.1, 0.15) is 46.5 Å². The fourth-order valence-electron chi connectivity index (χ4n) is 2.58. The molecular weight excluding hydrogens is 204 g/mol. The van der Waals surface area contributed by atoms with Gasteiger partial charge in [-0.15, -0.1) is 0 Å². The van der Waals surface area contributed by atoms with E-state index in [0.717, 1.165) is 25.7 Å². The number of hydrogen-bond acceptors (Lipinski definition) is 3. The van der Waals surface area contributed by atoms with E-state index in [4.69, 9.17) is 10.5 Å². The van der Waals surface area contributed by atoms with E-state index in [0.29, 0.717) is 6.54 Å². The predicted molar refractivity (Wildman–Crippen MR) is 62.1 cm³/mol. The van der Waals surface area contributed by atoms with E-state index in [2.05, 4.69) is 0 Å². The minimum atomic E-state index is -0.422. The average molecular weight is 226 g/mol. The molecule has 1 saturated heterocycles. The molecule has 1 aliphatic heterocycles. The van der Waals surface area contributed by atoms with Crippen LogP contribution in [0.2, 0.25) is 0 Å². The zero-order valence-corrected chi connectivity index (χ0v) is 10.5. The molecule has 0 unspecified atom stereocenters. The molecule has 0 bridgehead atoms. The minimum Gasteiger partial charge on any atom is -0.444 e. The van der Waals surface area contributed by atoms with Gasteiger partial charge in [0.05, 0.1) is 0 Å². The summed E-state index contributed by atoms with van der Waals surface area (Å²) in [5.41, 5.74) is 5.41. The molecule has 16 heavy (non-hydrogen) atoms. The Balaban J connectivity index is 2.08. The molecule has 0 radical (unpaired) electrons. The normalized spacial score (nSPS) is 27.2. The van der Waals surface area contributed by atoms with Gasteiger partial charge in [0, 0.05) is 18.1 Å². The highest BCUT2D eigenvalue weighted by Gasteiger charge is 2.57. The summed E-state index contributed by atoms with van der Waals surface area (Å²) in [4.78, 5) is 14.0. The quantitative estimate of drug-likeness (QED) is 0.742. The third-order valence-corrected chi connectivity index (χ3v) is 3.51. The second kappa shape index (κ2) is 3.62. The Bertz CT molecular complexity index is 292. The van der Waals surface area contributed by atoms with E-state index < -0.39 is 5.60 Å². The first-order valence-electron chi connectivity index (χ1n) is 6.10. The lowest BCUT2D eigenvalue weighted by Gasteiger charge is -2.32. The van der Waals surface area contributed by atoms with Crippen molar-refractivity contribution in [1.29, 1.82) is 0 Å². The molecule has 92 valence electrons. The Kier molecular flexibility index (Phi) is 2.65. The number of amides is 1. The predicted octanol–water partition coefficient (Wildman–Crippen LogP) is 1.88. The van der Waals surface area contributed by atoms with Crippen molar-refractivity contribution in [2.24, 2.45) is 5.73 Å². The number of nitrogens with two attached hydrogens (primary N) is 1. The van der Waals surface area contributed by atoms with Gasteiger partial charge < -0.3 is 10.5 Å². The highest BCUT2D eigenvalue weighted by molar-refractivity contribution is 5.71. The van der Waals surface area contributed by atoms with Crippen molar-refractivity contribution >= 4 is 6.09 Å². The Morgan fingerprint density at radius 3 is 2.50 bits per heavy atom. The van der Waals surface area contributed by atoms with Gasteiger partial charge in [0.1, 0.15) is 5.60 Å². The Labute approximate surface area is 97.1 Å². The smallest absolute Gasteiger partial charge is 0.411 e. The lowest BCUT2D eigenvalue weighted by molar-refractivity contribution is 0.0126. The minimum absolute atomic E-state index is 0.104. The zero-order chi connectivity index (χ0) is 12.0. The number of likely N-dealkylation sites (tertiary alicyclic amines) is 1. The molecule has 0 aromatic rings. The van der Waals surface area contributed by atoms with Crippen LogP contribution < -0.4 is 5.73 Å². The van der Waals surface area contributed by atoms with Gasteiger partial charge in [-0.1, -0.05) is 0 Å². The lowest BCUT2D eigenvalue weighted by Crippen LogP contribution is -2.47. The topological polar surface area (TPSA) is 55.6 Å². The number of carbonyl (C=O) groups excluding carboxylic acids is 1. The third-order valence-electron chi connectivity index (χ3n) is 3.51. The molecule has 2 fully saturated rings. The van der Waals surface area contributed by atoms with E-state index >= 15 is 0 Å². The van der Waals surface area contributed by atoms with Crippen molar-refractivity contribution in [3.63, 3.8) is 0 Å². The molecule has 1 spiro atoms. The SMILES string of the molecule is CC(C)(C)OC(=O)N1[C@H](CN)CCC12CC2. The first kappa shape index (κ1) is 11.7. The van der Waals surface area contributed by atoms with Crippen LogP contribution in [-0.2, 0) is 4.74 Å². The maximum atomic E-state index is 12.1. The van der Waals surface area contributed by atoms with Crippen LogP contribution in [0, 0.1) is 0 Å². The van der Waals surface area contributed by atoms with Crippen molar-refractivity contribution in [3.05, 3.63) is 0 Å². The van der Waals surface area contributed by atoms with Gasteiger partial charge in [-0.05, 0) is 46.5 Å². The standard InChI is InChI=1S/C12H22N2O2/c1-11(2,3)16-10(15)14-9(8-13)4-5-12(14)6-7-12/h9H,4-8,13H2,1-3H3/t9-/m0/s1. The van der Waals surface area contributed by atoms with Crippen molar-refractivity contribution < 1.29 is 9.53 Å². The van der Waals surface area contributed by atoms with Gasteiger partial charge in [-0.3, -0.25) is 4.90 Å². The summed E-state index contributed by atoms with van der Waals surface area (Å²) in [6, 6.07) is 0.178. The molecule has 2 rings (SSSR count). The molecule has 0 aromatic heterocycles. The van der Waals surface area contributed by atoms with Gasteiger partial charge in [0.25, 0.3) is 0 Å². The first-order chi connectivity index (χ1) is 7.38. The van der Waals surface area contributed by atoms with Crippen molar-refractivity contribution in [2.45, 2.75) is 63.6 Å². The number of rotatable bonds is 1. The molecule has 1 saturated carbocycles. The van der Waals surface area contributed by atoms with Gasteiger partial charge in [-0.25, -0.2) is 4.79 Å². The second-order valence-electron chi connectivity index (χ2n) is 6.00. The number of ether oxygens (including phenoxy) is 1. The summed E-state index contributed by atoms with van der Waals surface area (Å²) in [6.45, 7) is 6.25. The third kappa shape index (κ3) is 2.03. The van der Waals surface area contributed by atoms with Gasteiger partial charge >= 0.3 is 6.09 Å². The summed E-state index contributed by atoms with van der Waals surface area (Å²) in [5, 5.41) is 0. The number of hydrogen-bond donors (Lipinski definition) is 1. The second-order valence-corrected chi connectivity index (χ2v) is 6.00. The van der Waals surface area contributed by atoms with Crippen LogP contribution in [0.3, 0.4) is 0 Å². The molecule has 1 amide bonds. The summed E-state index contributed by atoms with van der Waals surface area (Å²) >= 11 is 0. The van der Waals surface area contributed by atoms with Gasteiger partial charge in [0.15, 0.2) is 0 Å². The molecule has 0 aromatic carbocycles. The number of carbonyl (C=O) groups is 1. The monoisotopic (exact) mass is 226 g/mol. The summed E-state index contributed by atoms with van der Waals surface area (Å²) < 4.78 is 5.46. The zero-order valence-electron chi connectivity index (χ0n) is 10.5. The summed E-state index contributed by atoms with van der Waals surface area (Å²) in [6.07, 6.45) is 4.16. The molecule has 2 aliphatic rings. The van der Waals surface area contributed by atoms with Crippen molar-refractivity contribution in [2.75, 3.05) is 6.54 Å².